The van der Waals surface area contributed by atoms with Crippen molar-refractivity contribution in [3.8, 4) is 0 Å². The zero-order valence-corrected chi connectivity index (χ0v) is 15.2. The summed E-state index contributed by atoms with van der Waals surface area (Å²) < 4.78 is 34.7. The molecule has 2 atom stereocenters. The highest BCUT2D eigenvalue weighted by Gasteiger charge is 2.47. The number of rotatable bonds is 5. The molecule has 2 aliphatic heterocycles. The van der Waals surface area contributed by atoms with E-state index in [1.54, 1.807) is 25.6 Å². The number of aromatic nitrogens is 4. The molecule has 0 saturated carbocycles. The maximum atomic E-state index is 12.3. The second kappa shape index (κ2) is 6.89. The lowest BCUT2D eigenvalue weighted by atomic mass is 10.1. The van der Waals surface area contributed by atoms with Crippen LogP contribution in [0.3, 0.4) is 0 Å². The van der Waals surface area contributed by atoms with E-state index in [9.17, 15) is 8.42 Å². The Hall–Kier alpha value is -2.11. The summed E-state index contributed by atoms with van der Waals surface area (Å²) in [6.07, 6.45) is 3.34. The average molecular weight is 380 g/mol. The molecular weight excluding hydrogens is 360 g/mol. The third kappa shape index (κ3) is 3.41. The Labute approximate surface area is 151 Å². The zero-order valence-electron chi connectivity index (χ0n) is 14.4. The quantitative estimate of drug-likeness (QED) is 0.672. The lowest BCUT2D eigenvalue weighted by Crippen LogP contribution is -2.59. The van der Waals surface area contributed by atoms with Crippen LogP contribution < -0.4 is 4.90 Å². The molecule has 2 aromatic heterocycles. The maximum absolute atomic E-state index is 12.3. The van der Waals surface area contributed by atoms with Crippen molar-refractivity contribution in [2.75, 3.05) is 36.6 Å². The molecule has 2 saturated heterocycles. The van der Waals surface area contributed by atoms with Gasteiger partial charge in [0, 0.05) is 38.6 Å². The second-order valence-electron chi connectivity index (χ2n) is 6.46. The molecule has 140 valence electrons. The minimum Gasteiger partial charge on any atom is -0.375 e. The smallest absolute Gasteiger partial charge is 0.252 e. The maximum Gasteiger partial charge on any atom is 0.252 e. The van der Waals surface area contributed by atoms with Crippen molar-refractivity contribution in [1.29, 1.82) is 0 Å². The molecular formula is C15H20N6O4S. The van der Waals surface area contributed by atoms with Crippen molar-refractivity contribution in [3.05, 3.63) is 30.2 Å². The van der Waals surface area contributed by atoms with E-state index in [0.717, 1.165) is 0 Å². The van der Waals surface area contributed by atoms with Crippen LogP contribution in [-0.4, -0.2) is 77.2 Å². The third-order valence-corrected chi connectivity index (χ3v) is 6.42. The number of sulfone groups is 1. The van der Waals surface area contributed by atoms with Crippen LogP contribution >= 0.6 is 0 Å². The minimum absolute atomic E-state index is 0.105. The lowest BCUT2D eigenvalue weighted by Gasteiger charge is -2.43. The average Bonchev–Trinajstić information content (AvgIpc) is 3.19. The van der Waals surface area contributed by atoms with Crippen LogP contribution in [0.5, 0.6) is 0 Å². The fourth-order valence-electron chi connectivity index (χ4n) is 3.63. The van der Waals surface area contributed by atoms with Crippen LogP contribution in [0.1, 0.15) is 11.7 Å². The van der Waals surface area contributed by atoms with Gasteiger partial charge in [-0.1, -0.05) is 5.16 Å². The first-order valence-corrected chi connectivity index (χ1v) is 10.2. The molecule has 2 fully saturated rings. The van der Waals surface area contributed by atoms with E-state index in [4.69, 9.17) is 9.26 Å². The molecule has 0 amide bonds. The molecule has 26 heavy (non-hydrogen) atoms. The van der Waals surface area contributed by atoms with Crippen molar-refractivity contribution >= 4 is 15.8 Å². The van der Waals surface area contributed by atoms with Crippen LogP contribution in [-0.2, 0) is 27.7 Å². The van der Waals surface area contributed by atoms with Gasteiger partial charge < -0.3 is 14.2 Å². The van der Waals surface area contributed by atoms with Crippen LogP contribution in [0.25, 0.3) is 0 Å². The number of nitrogens with zero attached hydrogens (tertiary/aromatic N) is 6. The van der Waals surface area contributed by atoms with Gasteiger partial charge in [0.1, 0.15) is 6.61 Å². The van der Waals surface area contributed by atoms with Crippen molar-refractivity contribution in [2.24, 2.45) is 0 Å². The van der Waals surface area contributed by atoms with Gasteiger partial charge >= 0.3 is 0 Å². The minimum atomic E-state index is -3.12. The molecule has 2 aliphatic rings. The summed E-state index contributed by atoms with van der Waals surface area (Å²) in [5.74, 6) is 1.73. The molecule has 0 radical (unpaired) electrons. The van der Waals surface area contributed by atoms with E-state index in [-0.39, 0.29) is 30.2 Å². The highest BCUT2D eigenvalue weighted by Crippen LogP contribution is 2.29. The van der Waals surface area contributed by atoms with Crippen LogP contribution in [0.4, 0.5) is 5.95 Å². The van der Waals surface area contributed by atoms with Gasteiger partial charge in [0.2, 0.25) is 5.95 Å². The largest absolute Gasteiger partial charge is 0.375 e. The summed E-state index contributed by atoms with van der Waals surface area (Å²) in [5, 5.41) is 3.96. The van der Waals surface area contributed by atoms with Gasteiger partial charge in [-0.05, 0) is 6.07 Å². The Kier molecular flexibility index (Phi) is 4.59. The molecule has 4 heterocycles. The molecule has 0 unspecified atom stereocenters. The summed E-state index contributed by atoms with van der Waals surface area (Å²) in [6.45, 7) is 2.01. The van der Waals surface area contributed by atoms with Gasteiger partial charge in [-0.25, -0.2) is 18.4 Å². The predicted octanol–water partition coefficient (Wildman–Crippen LogP) is -0.506. The molecule has 0 N–H and O–H groups in total. The standard InChI is InChI=1S/C15H20N6O4S/c1-24-8-14-18-13(19-25-14)7-20-5-6-21(15-16-3-2-4-17-15)12-10-26(22,23)9-11(12)20/h2-4,11-12H,5-10H2,1H3/t11-,12+/m0/s1. The highest BCUT2D eigenvalue weighted by atomic mass is 32.2. The van der Waals surface area contributed by atoms with Gasteiger partial charge in [0.05, 0.1) is 24.1 Å². The fourth-order valence-corrected chi connectivity index (χ4v) is 5.64. The first kappa shape index (κ1) is 17.3. The second-order valence-corrected chi connectivity index (χ2v) is 8.62. The Morgan fingerprint density at radius 2 is 2.00 bits per heavy atom. The number of hydrogen-bond donors (Lipinski definition) is 0. The van der Waals surface area contributed by atoms with E-state index < -0.39 is 9.84 Å². The van der Waals surface area contributed by atoms with Gasteiger partial charge in [-0.2, -0.15) is 4.98 Å². The van der Waals surface area contributed by atoms with E-state index in [1.807, 2.05) is 4.90 Å². The fraction of sp³-hybridized carbons (Fsp3) is 0.600. The topological polar surface area (TPSA) is 115 Å². The van der Waals surface area contributed by atoms with E-state index >= 15 is 0 Å². The SMILES string of the molecule is COCc1nc(CN2CCN(c3ncccn3)[C@@H]3CS(=O)(=O)C[C@@H]32)no1. The summed E-state index contributed by atoms with van der Waals surface area (Å²) >= 11 is 0. The summed E-state index contributed by atoms with van der Waals surface area (Å²) in [4.78, 5) is 17.0. The first-order valence-electron chi connectivity index (χ1n) is 8.34. The molecule has 10 nitrogen and oxygen atoms in total. The van der Waals surface area contributed by atoms with E-state index in [1.165, 1.54) is 0 Å². The van der Waals surface area contributed by atoms with Crippen LogP contribution in [0.2, 0.25) is 0 Å². The van der Waals surface area contributed by atoms with Crippen molar-refractivity contribution in [1.82, 2.24) is 25.0 Å². The number of fused-ring (bicyclic) bond motifs is 1. The zero-order chi connectivity index (χ0) is 18.1. The Balaban J connectivity index is 1.55. The lowest BCUT2D eigenvalue weighted by molar-refractivity contribution is 0.149. The molecule has 11 heteroatoms. The van der Waals surface area contributed by atoms with Gasteiger partial charge in [-0.3, -0.25) is 4.90 Å². The van der Waals surface area contributed by atoms with Crippen molar-refractivity contribution in [2.45, 2.75) is 25.2 Å². The number of piperazine rings is 1. The van der Waals surface area contributed by atoms with E-state index in [0.29, 0.717) is 37.3 Å². The third-order valence-electron chi connectivity index (χ3n) is 4.72. The number of hydrogen-bond acceptors (Lipinski definition) is 10. The van der Waals surface area contributed by atoms with Gasteiger partial charge in [0.25, 0.3) is 5.89 Å². The number of anilines is 1. The van der Waals surface area contributed by atoms with E-state index in [2.05, 4.69) is 25.0 Å². The normalized spacial score (nSPS) is 25.3. The predicted molar refractivity (Wildman–Crippen MR) is 91.0 cm³/mol. The molecule has 0 bridgehead atoms. The molecule has 0 spiro atoms. The summed E-state index contributed by atoms with van der Waals surface area (Å²) in [7, 11) is -1.56. The molecule has 0 aliphatic carbocycles. The number of ether oxygens (including phenoxy) is 1. The number of methoxy groups -OCH3 is 1. The molecule has 4 rings (SSSR count). The highest BCUT2D eigenvalue weighted by molar-refractivity contribution is 7.91. The summed E-state index contributed by atoms with van der Waals surface area (Å²) in [5.41, 5.74) is 0. The summed E-state index contributed by atoms with van der Waals surface area (Å²) in [6, 6.07) is 1.42. The Bertz CT molecular complexity index is 858. The van der Waals surface area contributed by atoms with Crippen molar-refractivity contribution in [3.63, 3.8) is 0 Å². The molecule has 0 aromatic carbocycles. The Morgan fingerprint density at radius 1 is 1.23 bits per heavy atom. The monoisotopic (exact) mass is 380 g/mol. The van der Waals surface area contributed by atoms with Gasteiger partial charge in [-0.15, -0.1) is 0 Å². The van der Waals surface area contributed by atoms with Crippen LogP contribution in [0.15, 0.2) is 23.0 Å². The van der Waals surface area contributed by atoms with Gasteiger partial charge in [0.15, 0.2) is 15.7 Å². The van der Waals surface area contributed by atoms with Crippen LogP contribution in [0, 0.1) is 0 Å². The first-order chi connectivity index (χ1) is 12.6. The Morgan fingerprint density at radius 3 is 2.77 bits per heavy atom. The molecule has 2 aromatic rings. The van der Waals surface area contributed by atoms with Crippen molar-refractivity contribution < 1.29 is 17.7 Å².